The first-order valence-electron chi connectivity index (χ1n) is 7.60. The van der Waals surface area contributed by atoms with Gasteiger partial charge < -0.3 is 10.1 Å². The summed E-state index contributed by atoms with van der Waals surface area (Å²) < 4.78 is 33.6. The lowest BCUT2D eigenvalue weighted by Gasteiger charge is -2.36. The molecular weight excluding hydrogens is 278 g/mol. The fraction of sp³-hybridized carbons (Fsp3) is 1.00. The van der Waals surface area contributed by atoms with Crippen LogP contribution in [0.5, 0.6) is 0 Å². The van der Waals surface area contributed by atoms with Crippen LogP contribution in [0.2, 0.25) is 0 Å². The Morgan fingerprint density at radius 2 is 2.15 bits per heavy atom. The van der Waals surface area contributed by atoms with Crippen molar-refractivity contribution in [3.05, 3.63) is 0 Å². The van der Waals surface area contributed by atoms with Crippen molar-refractivity contribution in [1.82, 2.24) is 13.9 Å². The normalized spacial score (nSPS) is 25.2. The Labute approximate surface area is 122 Å². The SMILES string of the molecule is CCC1COCCN1S(=O)(=O)N(C)CCCNC1CC1. The molecule has 118 valence electrons. The predicted octanol–water partition coefficient (Wildman–Crippen LogP) is 0.416. The molecule has 0 amide bonds. The van der Waals surface area contributed by atoms with Crippen LogP contribution in [0.15, 0.2) is 0 Å². The lowest BCUT2D eigenvalue weighted by Crippen LogP contribution is -2.53. The fourth-order valence-electron chi connectivity index (χ4n) is 2.45. The second kappa shape index (κ2) is 7.17. The van der Waals surface area contributed by atoms with Crippen LogP contribution in [0, 0.1) is 0 Å². The highest BCUT2D eigenvalue weighted by molar-refractivity contribution is 7.86. The van der Waals surface area contributed by atoms with Crippen LogP contribution >= 0.6 is 0 Å². The van der Waals surface area contributed by atoms with Gasteiger partial charge in [0, 0.05) is 32.2 Å². The minimum absolute atomic E-state index is 0.0270. The Balaban J connectivity index is 1.82. The molecule has 6 nitrogen and oxygen atoms in total. The molecule has 2 aliphatic rings. The van der Waals surface area contributed by atoms with E-state index in [0.29, 0.717) is 32.3 Å². The maximum atomic E-state index is 12.6. The highest BCUT2D eigenvalue weighted by Gasteiger charge is 2.34. The van der Waals surface area contributed by atoms with E-state index in [1.54, 1.807) is 11.4 Å². The smallest absolute Gasteiger partial charge is 0.282 e. The van der Waals surface area contributed by atoms with Crippen LogP contribution in [0.25, 0.3) is 0 Å². The van der Waals surface area contributed by atoms with Gasteiger partial charge >= 0.3 is 0 Å². The monoisotopic (exact) mass is 305 g/mol. The van der Waals surface area contributed by atoms with Crippen molar-refractivity contribution in [2.75, 3.05) is 39.9 Å². The summed E-state index contributed by atoms with van der Waals surface area (Å²) in [5, 5.41) is 3.41. The van der Waals surface area contributed by atoms with Gasteiger partial charge in [0.05, 0.1) is 13.2 Å². The van der Waals surface area contributed by atoms with Gasteiger partial charge in [-0.2, -0.15) is 17.0 Å². The summed E-state index contributed by atoms with van der Waals surface area (Å²) >= 11 is 0. The van der Waals surface area contributed by atoms with E-state index in [9.17, 15) is 8.42 Å². The standard InChI is InChI=1S/C13H27N3O3S/c1-3-13-11-19-10-9-16(13)20(17,18)15(2)8-4-7-14-12-5-6-12/h12-14H,3-11H2,1-2H3. The Morgan fingerprint density at radius 3 is 2.80 bits per heavy atom. The molecule has 1 aliphatic heterocycles. The highest BCUT2D eigenvalue weighted by atomic mass is 32.2. The minimum atomic E-state index is -3.35. The van der Waals surface area contributed by atoms with Crippen LogP contribution in [-0.2, 0) is 14.9 Å². The molecule has 0 aromatic carbocycles. The summed E-state index contributed by atoms with van der Waals surface area (Å²) in [5.41, 5.74) is 0. The maximum Gasteiger partial charge on any atom is 0.282 e. The first-order valence-corrected chi connectivity index (χ1v) is 8.99. The number of morpholine rings is 1. The Morgan fingerprint density at radius 1 is 1.40 bits per heavy atom. The number of nitrogens with one attached hydrogen (secondary N) is 1. The number of ether oxygens (including phenoxy) is 1. The summed E-state index contributed by atoms with van der Waals surface area (Å²) in [7, 11) is -1.67. The molecule has 1 saturated carbocycles. The van der Waals surface area contributed by atoms with Crippen LogP contribution in [0.1, 0.15) is 32.6 Å². The van der Waals surface area contributed by atoms with Crippen molar-refractivity contribution >= 4 is 10.2 Å². The second-order valence-corrected chi connectivity index (χ2v) is 7.65. The van der Waals surface area contributed by atoms with Gasteiger partial charge in [-0.05, 0) is 32.2 Å². The molecule has 2 rings (SSSR count). The topological polar surface area (TPSA) is 61.9 Å². The molecule has 0 spiro atoms. The largest absolute Gasteiger partial charge is 0.378 e. The highest BCUT2D eigenvalue weighted by Crippen LogP contribution is 2.19. The van der Waals surface area contributed by atoms with Crippen LogP contribution in [0.4, 0.5) is 0 Å². The molecule has 20 heavy (non-hydrogen) atoms. The molecule has 1 N–H and O–H groups in total. The lowest BCUT2D eigenvalue weighted by molar-refractivity contribution is 0.0289. The molecule has 1 unspecified atom stereocenters. The van der Waals surface area contributed by atoms with Crippen LogP contribution in [0.3, 0.4) is 0 Å². The minimum Gasteiger partial charge on any atom is -0.378 e. The summed E-state index contributed by atoms with van der Waals surface area (Å²) in [6, 6.07) is 0.654. The number of nitrogens with zero attached hydrogens (tertiary/aromatic N) is 2. The van der Waals surface area contributed by atoms with Gasteiger partial charge in [-0.3, -0.25) is 0 Å². The number of hydrogen-bond acceptors (Lipinski definition) is 4. The zero-order valence-corrected chi connectivity index (χ0v) is 13.4. The van der Waals surface area contributed by atoms with Crippen molar-refractivity contribution in [1.29, 1.82) is 0 Å². The molecule has 2 fully saturated rings. The third-order valence-corrected chi connectivity index (χ3v) is 6.04. The Bertz CT molecular complexity index is 398. The summed E-state index contributed by atoms with van der Waals surface area (Å²) in [6.07, 6.45) is 4.17. The van der Waals surface area contributed by atoms with Crippen molar-refractivity contribution in [3.63, 3.8) is 0 Å². The molecule has 1 atom stereocenters. The van der Waals surface area contributed by atoms with E-state index < -0.39 is 10.2 Å². The molecule has 0 aromatic heterocycles. The Hall–Kier alpha value is -0.210. The summed E-state index contributed by atoms with van der Waals surface area (Å²) in [4.78, 5) is 0. The molecule has 1 saturated heterocycles. The number of hydrogen-bond donors (Lipinski definition) is 1. The predicted molar refractivity (Wildman–Crippen MR) is 78.8 cm³/mol. The van der Waals surface area contributed by atoms with Gasteiger partial charge in [-0.1, -0.05) is 6.92 Å². The van der Waals surface area contributed by atoms with Crippen molar-refractivity contribution in [2.45, 2.75) is 44.7 Å². The van der Waals surface area contributed by atoms with Crippen molar-refractivity contribution < 1.29 is 13.2 Å². The molecule has 0 bridgehead atoms. The van der Waals surface area contributed by atoms with Crippen LogP contribution < -0.4 is 5.32 Å². The van der Waals surface area contributed by atoms with Gasteiger partial charge in [0.2, 0.25) is 0 Å². The third-order valence-electron chi connectivity index (χ3n) is 4.00. The van der Waals surface area contributed by atoms with E-state index in [0.717, 1.165) is 19.4 Å². The van der Waals surface area contributed by atoms with Crippen molar-refractivity contribution in [3.8, 4) is 0 Å². The van der Waals surface area contributed by atoms with Gasteiger partial charge in [0.1, 0.15) is 0 Å². The van der Waals surface area contributed by atoms with E-state index in [-0.39, 0.29) is 6.04 Å². The molecule has 7 heteroatoms. The fourth-order valence-corrected chi connectivity index (χ4v) is 4.06. The average Bonchev–Trinajstić information content (AvgIpc) is 3.27. The maximum absolute atomic E-state index is 12.6. The summed E-state index contributed by atoms with van der Waals surface area (Å²) in [5.74, 6) is 0. The average molecular weight is 305 g/mol. The molecule has 1 heterocycles. The molecule has 1 aliphatic carbocycles. The third kappa shape index (κ3) is 4.14. The molecule has 0 aromatic rings. The first-order chi connectivity index (χ1) is 9.55. The van der Waals surface area contributed by atoms with E-state index in [4.69, 9.17) is 4.74 Å². The van der Waals surface area contributed by atoms with E-state index >= 15 is 0 Å². The van der Waals surface area contributed by atoms with E-state index in [2.05, 4.69) is 5.32 Å². The zero-order valence-electron chi connectivity index (χ0n) is 12.5. The first kappa shape index (κ1) is 16.2. The molecular formula is C13H27N3O3S. The second-order valence-electron chi connectivity index (χ2n) is 5.66. The van der Waals surface area contributed by atoms with E-state index in [1.165, 1.54) is 17.1 Å². The molecule has 0 radical (unpaired) electrons. The summed E-state index contributed by atoms with van der Waals surface area (Å²) in [6.45, 7) is 4.92. The van der Waals surface area contributed by atoms with Gasteiger partial charge in [-0.15, -0.1) is 0 Å². The zero-order chi connectivity index (χ0) is 14.6. The van der Waals surface area contributed by atoms with E-state index in [1.807, 2.05) is 6.92 Å². The van der Waals surface area contributed by atoms with Gasteiger partial charge in [0.15, 0.2) is 0 Å². The van der Waals surface area contributed by atoms with Crippen LogP contribution in [-0.4, -0.2) is 69.0 Å². The van der Waals surface area contributed by atoms with Gasteiger partial charge in [0.25, 0.3) is 10.2 Å². The van der Waals surface area contributed by atoms with Crippen molar-refractivity contribution in [2.24, 2.45) is 0 Å². The van der Waals surface area contributed by atoms with Gasteiger partial charge in [-0.25, -0.2) is 0 Å². The Kier molecular flexibility index (Phi) is 5.80. The quantitative estimate of drug-likeness (QED) is 0.660. The lowest BCUT2D eigenvalue weighted by atomic mass is 10.2. The number of rotatable bonds is 8.